The smallest absolute Gasteiger partial charge is 0.269 e. The lowest BCUT2D eigenvalue weighted by Crippen LogP contribution is -2.55. The summed E-state index contributed by atoms with van der Waals surface area (Å²) in [5.74, 6) is -1.78. The third kappa shape index (κ3) is 5.42. The van der Waals surface area contributed by atoms with Crippen molar-refractivity contribution in [2.45, 2.75) is 57.1 Å². The van der Waals surface area contributed by atoms with E-state index in [0.717, 1.165) is 0 Å². The van der Waals surface area contributed by atoms with Gasteiger partial charge in [0.2, 0.25) is 11.8 Å². The number of nitrogens with zero attached hydrogens (tertiary/aromatic N) is 2. The molecule has 0 bridgehead atoms. The highest BCUT2D eigenvalue weighted by Gasteiger charge is 2.43. The van der Waals surface area contributed by atoms with Gasteiger partial charge in [0, 0.05) is 17.1 Å². The first-order valence-electron chi connectivity index (χ1n) is 10.9. The van der Waals surface area contributed by atoms with Crippen LogP contribution in [0.15, 0.2) is 53.4 Å². The molecule has 1 aliphatic heterocycles. The molecule has 3 rings (SSSR count). The van der Waals surface area contributed by atoms with E-state index in [4.69, 9.17) is 11.6 Å². The fourth-order valence-electron chi connectivity index (χ4n) is 3.76. The van der Waals surface area contributed by atoms with Crippen molar-refractivity contribution >= 4 is 39.3 Å². The monoisotopic (exact) mass is 505 g/mol. The third-order valence-electron chi connectivity index (χ3n) is 5.34. The van der Waals surface area contributed by atoms with Crippen LogP contribution >= 0.6 is 11.6 Å². The van der Waals surface area contributed by atoms with Crippen molar-refractivity contribution in [1.82, 2.24) is 14.5 Å². The normalized spacial score (nSPS) is 15.6. The molecule has 0 fully saturated rings. The second kappa shape index (κ2) is 9.76. The van der Waals surface area contributed by atoms with Crippen molar-refractivity contribution in [3.05, 3.63) is 64.7 Å². The number of hydrogen-bond acceptors (Lipinski definition) is 5. The molecule has 0 unspecified atom stereocenters. The maximum Gasteiger partial charge on any atom is 0.269 e. The van der Waals surface area contributed by atoms with Gasteiger partial charge in [0.05, 0.1) is 5.56 Å². The van der Waals surface area contributed by atoms with E-state index >= 15 is 0 Å². The number of nitrogens with one attached hydrogen (secondary N) is 1. The highest BCUT2D eigenvalue weighted by atomic mass is 35.5. The van der Waals surface area contributed by atoms with Crippen molar-refractivity contribution in [3.8, 4) is 0 Å². The van der Waals surface area contributed by atoms with Crippen LogP contribution in [0.3, 0.4) is 0 Å². The van der Waals surface area contributed by atoms with Gasteiger partial charge in [-0.2, -0.15) is 0 Å². The lowest BCUT2D eigenvalue weighted by atomic mass is 10.1. The van der Waals surface area contributed by atoms with Gasteiger partial charge < -0.3 is 10.2 Å². The van der Waals surface area contributed by atoms with Gasteiger partial charge in [-0.1, -0.05) is 42.8 Å². The fourth-order valence-corrected chi connectivity index (χ4v) is 5.40. The van der Waals surface area contributed by atoms with Crippen LogP contribution in [0, 0.1) is 0 Å². The fraction of sp³-hybridized carbons (Fsp3) is 0.375. The Morgan fingerprint density at radius 3 is 2.26 bits per heavy atom. The maximum absolute atomic E-state index is 13.5. The van der Waals surface area contributed by atoms with E-state index in [1.807, 2.05) is 20.8 Å². The van der Waals surface area contributed by atoms with E-state index in [9.17, 15) is 22.8 Å². The molecule has 0 aliphatic carbocycles. The number of amides is 3. The maximum atomic E-state index is 13.5. The van der Waals surface area contributed by atoms with Gasteiger partial charge in [-0.15, -0.1) is 0 Å². The van der Waals surface area contributed by atoms with E-state index in [-0.39, 0.29) is 22.9 Å². The quantitative estimate of drug-likeness (QED) is 0.622. The average molecular weight is 506 g/mol. The molecule has 0 radical (unpaired) electrons. The van der Waals surface area contributed by atoms with Crippen LogP contribution in [0.25, 0.3) is 0 Å². The molecule has 2 aromatic rings. The van der Waals surface area contributed by atoms with Crippen LogP contribution in [0.2, 0.25) is 5.02 Å². The second-order valence-corrected chi connectivity index (χ2v) is 11.4. The summed E-state index contributed by atoms with van der Waals surface area (Å²) in [6, 6.07) is 11.8. The summed E-state index contributed by atoms with van der Waals surface area (Å²) in [6.45, 7) is 6.59. The number of benzene rings is 2. The van der Waals surface area contributed by atoms with Gasteiger partial charge in [-0.25, -0.2) is 12.7 Å². The summed E-state index contributed by atoms with van der Waals surface area (Å²) in [4.78, 5) is 40.5. The average Bonchev–Trinajstić information content (AvgIpc) is 2.94. The molecule has 1 atom stereocenters. The topological polar surface area (TPSA) is 104 Å². The van der Waals surface area contributed by atoms with Crippen molar-refractivity contribution in [3.63, 3.8) is 0 Å². The van der Waals surface area contributed by atoms with Crippen molar-refractivity contribution in [2.24, 2.45) is 0 Å². The number of carbonyl (C=O) groups excluding carboxylic acids is 3. The summed E-state index contributed by atoms with van der Waals surface area (Å²) in [5, 5.41) is 3.40. The molecular formula is C24H28ClN3O5S. The highest BCUT2D eigenvalue weighted by Crippen LogP contribution is 2.30. The molecule has 0 aromatic heterocycles. The first-order chi connectivity index (χ1) is 15.8. The predicted octanol–water partition coefficient (Wildman–Crippen LogP) is 3.21. The number of fused-ring (bicyclic) bond motifs is 1. The molecule has 2 aromatic carbocycles. The Bertz CT molecular complexity index is 1210. The molecular weight excluding hydrogens is 478 g/mol. The number of carbonyl (C=O) groups is 3. The summed E-state index contributed by atoms with van der Waals surface area (Å²) < 4.78 is 26.5. The van der Waals surface area contributed by atoms with Gasteiger partial charge in [-0.3, -0.25) is 14.4 Å². The molecule has 182 valence electrons. The van der Waals surface area contributed by atoms with Crippen LogP contribution < -0.4 is 5.32 Å². The minimum Gasteiger partial charge on any atom is -0.350 e. The van der Waals surface area contributed by atoms with Gasteiger partial charge in [0.1, 0.15) is 17.5 Å². The lowest BCUT2D eigenvalue weighted by molar-refractivity contribution is -0.141. The van der Waals surface area contributed by atoms with Crippen molar-refractivity contribution in [2.75, 3.05) is 6.54 Å². The number of rotatable bonds is 7. The Balaban J connectivity index is 1.93. The first kappa shape index (κ1) is 25.7. The third-order valence-corrected chi connectivity index (χ3v) is 7.38. The Morgan fingerprint density at radius 1 is 1.09 bits per heavy atom. The Morgan fingerprint density at radius 2 is 1.71 bits per heavy atom. The van der Waals surface area contributed by atoms with Crippen LogP contribution in [0.4, 0.5) is 0 Å². The zero-order chi connectivity index (χ0) is 25.3. The zero-order valence-corrected chi connectivity index (χ0v) is 21.1. The number of halogens is 1. The Hall–Kier alpha value is -2.91. The second-order valence-electron chi connectivity index (χ2n) is 9.12. The van der Waals surface area contributed by atoms with Crippen LogP contribution in [-0.2, 0) is 26.2 Å². The molecule has 1 N–H and O–H groups in total. The standard InChI is InChI=1S/C24H28ClN3O5S/c1-5-19(22(30)26-24(2,3)4)27(14-16-10-12-17(25)13-11-16)21(29)15-28-23(31)18-8-6-7-9-20(18)34(28,32)33/h6-13,19H,5,14-15H2,1-4H3,(H,26,30)/t19-/m1/s1. The Labute approximate surface area is 204 Å². The Kier molecular flexibility index (Phi) is 7.38. The minimum atomic E-state index is -4.17. The molecule has 3 amide bonds. The van der Waals surface area contributed by atoms with E-state index in [1.54, 1.807) is 37.3 Å². The molecule has 1 aliphatic rings. The van der Waals surface area contributed by atoms with Gasteiger partial charge in [-0.05, 0) is 57.0 Å². The molecule has 34 heavy (non-hydrogen) atoms. The minimum absolute atomic E-state index is 0.0251. The van der Waals surface area contributed by atoms with E-state index in [2.05, 4.69) is 5.32 Å². The highest BCUT2D eigenvalue weighted by molar-refractivity contribution is 7.90. The van der Waals surface area contributed by atoms with Crippen molar-refractivity contribution in [1.29, 1.82) is 0 Å². The number of sulfonamides is 1. The molecule has 0 spiro atoms. The zero-order valence-electron chi connectivity index (χ0n) is 19.5. The molecule has 0 saturated carbocycles. The van der Waals surface area contributed by atoms with Gasteiger partial charge in [0.25, 0.3) is 15.9 Å². The summed E-state index contributed by atoms with van der Waals surface area (Å²) >= 11 is 5.97. The lowest BCUT2D eigenvalue weighted by Gasteiger charge is -2.33. The van der Waals surface area contributed by atoms with Crippen LogP contribution in [-0.4, -0.2) is 53.5 Å². The molecule has 10 heteroatoms. The first-order valence-corrected chi connectivity index (χ1v) is 12.7. The summed E-state index contributed by atoms with van der Waals surface area (Å²) in [5.41, 5.74) is 0.200. The molecule has 8 nitrogen and oxygen atoms in total. The summed E-state index contributed by atoms with van der Waals surface area (Å²) in [7, 11) is -4.17. The van der Waals surface area contributed by atoms with Crippen molar-refractivity contribution < 1.29 is 22.8 Å². The SMILES string of the molecule is CC[C@H](C(=O)NC(C)(C)C)N(Cc1ccc(Cl)cc1)C(=O)CN1C(=O)c2ccccc2S1(=O)=O. The van der Waals surface area contributed by atoms with E-state index in [0.29, 0.717) is 21.3 Å². The predicted molar refractivity (Wildman–Crippen MR) is 129 cm³/mol. The van der Waals surface area contributed by atoms with E-state index < -0.39 is 40.0 Å². The van der Waals surface area contributed by atoms with Crippen LogP contribution in [0.1, 0.15) is 50.0 Å². The van der Waals surface area contributed by atoms with Gasteiger partial charge in [0.15, 0.2) is 0 Å². The summed E-state index contributed by atoms with van der Waals surface area (Å²) in [6.07, 6.45) is 0.294. The van der Waals surface area contributed by atoms with Gasteiger partial charge >= 0.3 is 0 Å². The number of hydrogen-bond donors (Lipinski definition) is 1. The molecule has 1 heterocycles. The largest absolute Gasteiger partial charge is 0.350 e. The molecule has 0 saturated heterocycles. The van der Waals surface area contributed by atoms with E-state index in [1.165, 1.54) is 23.1 Å². The van der Waals surface area contributed by atoms with Crippen LogP contribution in [0.5, 0.6) is 0 Å².